The van der Waals surface area contributed by atoms with Gasteiger partial charge in [-0.15, -0.1) is 31.4 Å². The number of hydrogen-bond donors (Lipinski definition) is 1. The van der Waals surface area contributed by atoms with E-state index in [2.05, 4.69) is 16.8 Å². The van der Waals surface area contributed by atoms with E-state index < -0.39 is 0 Å². The molecule has 2 rings (SSSR count). The van der Waals surface area contributed by atoms with Gasteiger partial charge in [0.1, 0.15) is 0 Å². The Labute approximate surface area is 137 Å². The van der Waals surface area contributed by atoms with Crippen LogP contribution >= 0.6 is 24.8 Å². The molecule has 1 atom stereocenters. The number of halogens is 2. The predicted molar refractivity (Wildman–Crippen MR) is 89.7 cm³/mol. The van der Waals surface area contributed by atoms with E-state index >= 15 is 0 Å². The molecule has 1 heterocycles. The number of hydrogen-bond acceptors (Lipinski definition) is 4. The van der Waals surface area contributed by atoms with Gasteiger partial charge in [-0.25, -0.2) is 0 Å². The molecule has 1 aromatic rings. The fourth-order valence-corrected chi connectivity index (χ4v) is 2.46. The van der Waals surface area contributed by atoms with Gasteiger partial charge in [0.15, 0.2) is 0 Å². The van der Waals surface area contributed by atoms with Crippen LogP contribution in [0.2, 0.25) is 0 Å². The lowest BCUT2D eigenvalue weighted by Gasteiger charge is -2.33. The minimum Gasteiger partial charge on any atom is -0.314 e. The highest BCUT2D eigenvalue weighted by Gasteiger charge is 2.21. The van der Waals surface area contributed by atoms with Crippen molar-refractivity contribution in [1.82, 2.24) is 10.2 Å². The van der Waals surface area contributed by atoms with Crippen LogP contribution in [0, 0.1) is 17.0 Å². The number of benzene rings is 1. The maximum atomic E-state index is 11.0. The fourth-order valence-electron chi connectivity index (χ4n) is 2.46. The molecule has 0 bridgehead atoms. The van der Waals surface area contributed by atoms with Crippen molar-refractivity contribution in [3.63, 3.8) is 0 Å². The number of nitrogens with zero attached hydrogens (tertiary/aromatic N) is 2. The molecule has 0 aromatic heterocycles. The monoisotopic (exact) mass is 333 g/mol. The van der Waals surface area contributed by atoms with Crippen molar-refractivity contribution in [2.75, 3.05) is 26.2 Å². The SMILES string of the molecule is C=C[C@H](c1ccc(C)c([N+](=O)[O-])c1)N1CCNCC1.Cl.Cl. The molecular weight excluding hydrogens is 313 g/mol. The second kappa shape index (κ2) is 9.00. The summed E-state index contributed by atoms with van der Waals surface area (Å²) in [7, 11) is 0. The first-order chi connectivity index (χ1) is 9.13. The molecule has 7 heteroatoms. The lowest BCUT2D eigenvalue weighted by atomic mass is 10.0. The van der Waals surface area contributed by atoms with E-state index in [1.165, 1.54) is 0 Å². The molecule has 0 aliphatic carbocycles. The molecule has 0 spiro atoms. The van der Waals surface area contributed by atoms with Crippen LogP contribution in [0.1, 0.15) is 17.2 Å². The van der Waals surface area contributed by atoms with Crippen molar-refractivity contribution < 1.29 is 4.92 Å². The van der Waals surface area contributed by atoms with Crippen LogP contribution in [-0.4, -0.2) is 36.0 Å². The first-order valence-corrected chi connectivity index (χ1v) is 6.45. The standard InChI is InChI=1S/C14H19N3O2.2ClH/c1-3-13(16-8-6-15-7-9-16)12-5-4-11(2)14(10-12)17(18)19;;/h3-5,10,13,15H,1,6-9H2,2H3;2*1H/t13-;;/m1../s1. The lowest BCUT2D eigenvalue weighted by molar-refractivity contribution is -0.385. The third-order valence-corrected chi connectivity index (χ3v) is 3.54. The van der Waals surface area contributed by atoms with Crippen LogP contribution in [0.25, 0.3) is 0 Å². The van der Waals surface area contributed by atoms with Crippen LogP contribution < -0.4 is 5.32 Å². The average Bonchev–Trinajstić information content (AvgIpc) is 2.42. The molecule has 21 heavy (non-hydrogen) atoms. The zero-order chi connectivity index (χ0) is 13.8. The van der Waals surface area contributed by atoms with Gasteiger partial charge in [0, 0.05) is 37.8 Å². The Morgan fingerprint density at radius 3 is 2.52 bits per heavy atom. The van der Waals surface area contributed by atoms with Crippen molar-refractivity contribution >= 4 is 30.5 Å². The van der Waals surface area contributed by atoms with Crippen LogP contribution in [0.15, 0.2) is 30.9 Å². The summed E-state index contributed by atoms with van der Waals surface area (Å²) in [5.41, 5.74) is 1.81. The molecule has 0 unspecified atom stereocenters. The summed E-state index contributed by atoms with van der Waals surface area (Å²) >= 11 is 0. The molecule has 118 valence electrons. The number of nitrogens with one attached hydrogen (secondary N) is 1. The number of aryl methyl sites for hydroxylation is 1. The molecule has 1 aliphatic heterocycles. The Balaban J connectivity index is 0.00000200. The summed E-state index contributed by atoms with van der Waals surface area (Å²) in [4.78, 5) is 13.0. The van der Waals surface area contributed by atoms with Gasteiger partial charge in [-0.1, -0.05) is 18.2 Å². The van der Waals surface area contributed by atoms with Gasteiger partial charge in [0.2, 0.25) is 0 Å². The zero-order valence-corrected chi connectivity index (χ0v) is 13.6. The van der Waals surface area contributed by atoms with Gasteiger partial charge in [-0.2, -0.15) is 0 Å². The molecule has 1 fully saturated rings. The summed E-state index contributed by atoms with van der Waals surface area (Å²) in [6.07, 6.45) is 1.86. The summed E-state index contributed by atoms with van der Waals surface area (Å²) < 4.78 is 0. The third kappa shape index (κ3) is 4.68. The summed E-state index contributed by atoms with van der Waals surface area (Å²) in [6, 6.07) is 5.48. The Morgan fingerprint density at radius 2 is 2.00 bits per heavy atom. The van der Waals surface area contributed by atoms with Crippen molar-refractivity contribution in [2.24, 2.45) is 0 Å². The number of nitro groups is 1. The molecule has 1 aromatic carbocycles. The average molecular weight is 334 g/mol. The molecular formula is C14H21Cl2N3O2. The maximum Gasteiger partial charge on any atom is 0.272 e. The van der Waals surface area contributed by atoms with E-state index in [0.717, 1.165) is 31.7 Å². The van der Waals surface area contributed by atoms with Crippen molar-refractivity contribution in [2.45, 2.75) is 13.0 Å². The Kier molecular flexibility index (Phi) is 8.51. The van der Waals surface area contributed by atoms with Crippen LogP contribution in [-0.2, 0) is 0 Å². The topological polar surface area (TPSA) is 58.4 Å². The van der Waals surface area contributed by atoms with Gasteiger partial charge < -0.3 is 5.32 Å². The Hall–Kier alpha value is -1.14. The Morgan fingerprint density at radius 1 is 1.38 bits per heavy atom. The first kappa shape index (κ1) is 19.9. The lowest BCUT2D eigenvalue weighted by Crippen LogP contribution is -2.44. The van der Waals surface area contributed by atoms with E-state index in [9.17, 15) is 10.1 Å². The molecule has 1 saturated heterocycles. The van der Waals surface area contributed by atoms with E-state index in [4.69, 9.17) is 0 Å². The maximum absolute atomic E-state index is 11.0. The molecule has 5 nitrogen and oxygen atoms in total. The predicted octanol–water partition coefficient (Wildman–Crippen LogP) is 2.88. The summed E-state index contributed by atoms with van der Waals surface area (Å²) in [5, 5.41) is 14.3. The largest absolute Gasteiger partial charge is 0.314 e. The third-order valence-electron chi connectivity index (χ3n) is 3.54. The highest BCUT2D eigenvalue weighted by molar-refractivity contribution is 5.85. The minimum atomic E-state index is -0.323. The van der Waals surface area contributed by atoms with Gasteiger partial charge in [0.05, 0.1) is 11.0 Å². The quantitative estimate of drug-likeness (QED) is 0.523. The van der Waals surface area contributed by atoms with Gasteiger partial charge in [-0.3, -0.25) is 15.0 Å². The molecule has 1 aliphatic rings. The Bertz CT molecular complexity index is 491. The molecule has 1 N–H and O–H groups in total. The van der Waals surface area contributed by atoms with E-state index in [1.54, 1.807) is 13.0 Å². The number of nitro benzene ring substituents is 1. The van der Waals surface area contributed by atoms with Crippen molar-refractivity contribution in [3.8, 4) is 0 Å². The van der Waals surface area contributed by atoms with Crippen LogP contribution in [0.3, 0.4) is 0 Å². The summed E-state index contributed by atoms with van der Waals surface area (Å²) in [5.74, 6) is 0. The van der Waals surface area contributed by atoms with Crippen LogP contribution in [0.5, 0.6) is 0 Å². The molecule has 0 saturated carbocycles. The minimum absolute atomic E-state index is 0. The second-order valence-corrected chi connectivity index (χ2v) is 4.77. The fraction of sp³-hybridized carbons (Fsp3) is 0.429. The van der Waals surface area contributed by atoms with Gasteiger partial charge >= 0.3 is 0 Å². The normalized spacial score (nSPS) is 16.2. The van der Waals surface area contributed by atoms with Crippen molar-refractivity contribution in [1.29, 1.82) is 0 Å². The highest BCUT2D eigenvalue weighted by Crippen LogP contribution is 2.27. The smallest absolute Gasteiger partial charge is 0.272 e. The number of piperazine rings is 1. The van der Waals surface area contributed by atoms with Gasteiger partial charge in [0.25, 0.3) is 5.69 Å². The second-order valence-electron chi connectivity index (χ2n) is 4.77. The van der Waals surface area contributed by atoms with Gasteiger partial charge in [-0.05, 0) is 12.5 Å². The van der Waals surface area contributed by atoms with E-state index in [0.29, 0.717) is 5.56 Å². The van der Waals surface area contributed by atoms with Crippen molar-refractivity contribution in [3.05, 3.63) is 52.1 Å². The highest BCUT2D eigenvalue weighted by atomic mass is 35.5. The van der Waals surface area contributed by atoms with E-state index in [1.807, 2.05) is 18.2 Å². The molecule has 0 radical (unpaired) electrons. The first-order valence-electron chi connectivity index (χ1n) is 6.45. The zero-order valence-electron chi connectivity index (χ0n) is 11.9. The number of rotatable bonds is 4. The van der Waals surface area contributed by atoms with Crippen LogP contribution in [0.4, 0.5) is 5.69 Å². The molecule has 0 amide bonds. The van der Waals surface area contributed by atoms with E-state index in [-0.39, 0.29) is 41.5 Å². The summed E-state index contributed by atoms with van der Waals surface area (Å²) in [6.45, 7) is 9.38.